The van der Waals surface area contributed by atoms with Gasteiger partial charge >= 0.3 is 5.97 Å². The molecule has 2 fully saturated rings. The molecule has 0 aromatic rings. The normalized spacial score (nSPS) is 48.1. The second kappa shape index (κ2) is 9.01. The minimum atomic E-state index is -3.34. The maximum absolute atomic E-state index is 11.8. The van der Waals surface area contributed by atoms with Gasteiger partial charge in [-0.1, -0.05) is 0 Å². The van der Waals surface area contributed by atoms with Crippen molar-refractivity contribution in [2.75, 3.05) is 13.2 Å². The Bertz CT molecular complexity index is 578. The fourth-order valence-corrected chi connectivity index (χ4v) is 3.69. The highest BCUT2D eigenvalue weighted by Gasteiger charge is 2.64. The molecule has 2 aliphatic rings. The minimum Gasteiger partial charge on any atom is -0.477 e. The van der Waals surface area contributed by atoms with Gasteiger partial charge in [0.05, 0.1) is 37.4 Å². The third kappa shape index (κ3) is 4.12. The number of hydrogen-bond acceptors (Lipinski definition) is 13. The predicted molar refractivity (Wildman–Crippen MR) is 87.8 cm³/mol. The van der Waals surface area contributed by atoms with Crippen molar-refractivity contribution in [1.29, 1.82) is 0 Å². The molecule has 2 heterocycles. The molecule has 0 aromatic heterocycles. The number of aliphatic hydroxyl groups excluding tert-OH is 8. The lowest BCUT2D eigenvalue weighted by molar-refractivity contribution is -0.351. The van der Waals surface area contributed by atoms with Crippen LogP contribution in [0, 0.1) is 5.92 Å². The number of nitrogens with two attached hydrogens (primary N) is 1. The Morgan fingerprint density at radius 1 is 1.03 bits per heavy atom. The fraction of sp³-hybridized carbons (Fsp3) is 0.933. The highest BCUT2D eigenvalue weighted by atomic mass is 16.7. The summed E-state index contributed by atoms with van der Waals surface area (Å²) < 4.78 is 10.2. The van der Waals surface area contributed by atoms with Crippen LogP contribution in [0.5, 0.6) is 0 Å². The molecule has 2 saturated heterocycles. The summed E-state index contributed by atoms with van der Waals surface area (Å²) in [6.07, 6.45) is -16.9. The van der Waals surface area contributed by atoms with Crippen LogP contribution in [-0.4, -0.2) is 137 Å². The van der Waals surface area contributed by atoms with Crippen molar-refractivity contribution in [3.63, 3.8) is 0 Å². The van der Waals surface area contributed by atoms with Crippen molar-refractivity contribution in [2.24, 2.45) is 11.7 Å². The Morgan fingerprint density at radius 3 is 2.10 bits per heavy atom. The average Bonchev–Trinajstić information content (AvgIpc) is 2.69. The lowest BCUT2D eigenvalue weighted by atomic mass is 9.74. The third-order valence-electron chi connectivity index (χ3n) is 5.42. The van der Waals surface area contributed by atoms with E-state index in [1.807, 2.05) is 0 Å². The van der Waals surface area contributed by atoms with Gasteiger partial charge in [-0.2, -0.15) is 0 Å². The Labute approximate surface area is 164 Å². The van der Waals surface area contributed by atoms with Gasteiger partial charge in [0, 0.05) is 0 Å². The first-order chi connectivity index (χ1) is 13.4. The van der Waals surface area contributed by atoms with E-state index in [0.29, 0.717) is 0 Å². The first-order valence-corrected chi connectivity index (χ1v) is 8.77. The van der Waals surface area contributed by atoms with Gasteiger partial charge in [0.15, 0.2) is 0 Å². The summed E-state index contributed by atoms with van der Waals surface area (Å²) in [6.45, 7) is -1.82. The number of aliphatic carboxylic acids is 1. The minimum absolute atomic E-state index is 0.854. The maximum atomic E-state index is 11.8. The van der Waals surface area contributed by atoms with Gasteiger partial charge in [0.2, 0.25) is 0 Å². The number of rotatable bonds is 6. The average molecular weight is 429 g/mol. The van der Waals surface area contributed by atoms with Crippen LogP contribution in [0.3, 0.4) is 0 Å². The zero-order valence-electron chi connectivity index (χ0n) is 15.0. The quantitative estimate of drug-likeness (QED) is 0.187. The van der Waals surface area contributed by atoms with Gasteiger partial charge in [-0.05, 0) is 0 Å². The van der Waals surface area contributed by atoms with Gasteiger partial charge in [-0.15, -0.1) is 0 Å². The largest absolute Gasteiger partial charge is 0.477 e. The van der Waals surface area contributed by atoms with Crippen molar-refractivity contribution >= 4 is 5.97 Å². The predicted octanol–water partition coefficient (Wildman–Crippen LogP) is -6.98. The zero-order valence-corrected chi connectivity index (χ0v) is 15.0. The smallest absolute Gasteiger partial charge is 0.364 e. The fourth-order valence-electron chi connectivity index (χ4n) is 3.69. The topological polar surface area (TPSA) is 264 Å². The van der Waals surface area contributed by atoms with E-state index in [1.54, 1.807) is 0 Å². The Balaban J connectivity index is 2.44. The summed E-state index contributed by atoms with van der Waals surface area (Å²) in [5, 5.41) is 98.6. The van der Waals surface area contributed by atoms with Crippen LogP contribution in [-0.2, 0) is 14.3 Å². The van der Waals surface area contributed by atoms with Crippen molar-refractivity contribution < 1.29 is 65.3 Å². The Hall–Kier alpha value is -1.01. The van der Waals surface area contributed by atoms with Crippen LogP contribution in [0.25, 0.3) is 0 Å². The number of carboxylic acids is 1. The maximum Gasteiger partial charge on any atom is 0.364 e. The van der Waals surface area contributed by atoms with E-state index in [0.717, 1.165) is 0 Å². The molecule has 170 valence electrons. The monoisotopic (exact) mass is 429 g/mol. The molecule has 0 radical (unpaired) electrons. The molecule has 0 bridgehead atoms. The molecule has 0 amide bonds. The summed E-state index contributed by atoms with van der Waals surface area (Å²) in [5.74, 6) is -7.49. The standard InChI is InChI=1S/C15H27NO13/c16-6-9(22)5(12-11(24)10(23)8(21)4(2-18)28-12)15(27,14(25)26)29-13(6)7(20)3(19)1-17/h3-13,17-24,27H,1-2,16H2,(H,25,26)/t3-,4-,5?,6-,7-,8+,9+,10+,11-,12?,13-,15?/m1/s1. The molecule has 14 nitrogen and oxygen atoms in total. The number of carboxylic acid groups (broad SMARTS) is 1. The van der Waals surface area contributed by atoms with E-state index in [9.17, 15) is 50.8 Å². The molecule has 0 aliphatic carbocycles. The lowest BCUT2D eigenvalue weighted by Gasteiger charge is -2.53. The van der Waals surface area contributed by atoms with Crippen LogP contribution >= 0.6 is 0 Å². The van der Waals surface area contributed by atoms with E-state index in [4.69, 9.17) is 20.3 Å². The highest BCUT2D eigenvalue weighted by molar-refractivity contribution is 5.76. The molecular weight excluding hydrogens is 402 g/mol. The summed E-state index contributed by atoms with van der Waals surface area (Å²) in [5.41, 5.74) is 5.78. The molecule has 0 saturated carbocycles. The Kier molecular flexibility index (Phi) is 7.54. The number of ether oxygens (including phenoxy) is 2. The van der Waals surface area contributed by atoms with Gasteiger partial charge in [0.25, 0.3) is 5.79 Å². The van der Waals surface area contributed by atoms with Crippen molar-refractivity contribution in [3.8, 4) is 0 Å². The van der Waals surface area contributed by atoms with E-state index < -0.39 is 91.9 Å². The SMILES string of the molecule is N[C@H]1[C@H]([C@H](O)[C@H](O)CO)OC(O)(C(=O)O)C(C2O[C@H](CO)[C@H](O)[C@H](O)[C@H]2O)[C@@H]1O. The van der Waals surface area contributed by atoms with E-state index >= 15 is 0 Å². The number of carbonyl (C=O) groups is 1. The molecule has 2 aliphatic heterocycles. The molecule has 14 heteroatoms. The molecule has 12 atom stereocenters. The van der Waals surface area contributed by atoms with Gasteiger partial charge < -0.3 is 66.3 Å². The van der Waals surface area contributed by atoms with Gasteiger partial charge in [-0.25, -0.2) is 4.79 Å². The third-order valence-corrected chi connectivity index (χ3v) is 5.42. The summed E-state index contributed by atoms with van der Waals surface area (Å²) in [4.78, 5) is 11.8. The first kappa shape index (κ1) is 24.3. The summed E-state index contributed by atoms with van der Waals surface area (Å²) in [6, 6.07) is -1.65. The van der Waals surface area contributed by atoms with Crippen LogP contribution in [0.1, 0.15) is 0 Å². The van der Waals surface area contributed by atoms with Crippen molar-refractivity contribution in [3.05, 3.63) is 0 Å². The molecule has 3 unspecified atom stereocenters. The Morgan fingerprint density at radius 2 is 1.62 bits per heavy atom. The highest BCUT2D eigenvalue weighted by Crippen LogP contribution is 2.41. The van der Waals surface area contributed by atoms with Gasteiger partial charge in [-0.3, -0.25) is 0 Å². The van der Waals surface area contributed by atoms with E-state index in [1.165, 1.54) is 0 Å². The molecular formula is C15H27NO13. The zero-order chi connectivity index (χ0) is 22.3. The number of hydrogen-bond donors (Lipinski definition) is 11. The summed E-state index contributed by atoms with van der Waals surface area (Å²) in [7, 11) is 0. The summed E-state index contributed by atoms with van der Waals surface area (Å²) >= 11 is 0. The first-order valence-electron chi connectivity index (χ1n) is 8.77. The van der Waals surface area contributed by atoms with Gasteiger partial charge in [0.1, 0.15) is 42.7 Å². The molecule has 2 rings (SSSR count). The second-order valence-electron chi connectivity index (χ2n) is 7.21. The van der Waals surface area contributed by atoms with E-state index in [-0.39, 0.29) is 0 Å². The van der Waals surface area contributed by atoms with E-state index in [2.05, 4.69) is 0 Å². The van der Waals surface area contributed by atoms with Crippen molar-refractivity contribution in [1.82, 2.24) is 0 Å². The molecule has 29 heavy (non-hydrogen) atoms. The van der Waals surface area contributed by atoms with Crippen LogP contribution < -0.4 is 5.73 Å². The van der Waals surface area contributed by atoms with Crippen LogP contribution in [0.2, 0.25) is 0 Å². The van der Waals surface area contributed by atoms with Crippen LogP contribution in [0.15, 0.2) is 0 Å². The second-order valence-corrected chi connectivity index (χ2v) is 7.21. The van der Waals surface area contributed by atoms with Crippen LogP contribution in [0.4, 0.5) is 0 Å². The molecule has 12 N–H and O–H groups in total. The van der Waals surface area contributed by atoms with Crippen molar-refractivity contribution in [2.45, 2.75) is 66.8 Å². The number of aliphatic hydroxyl groups is 9. The lowest BCUT2D eigenvalue weighted by Crippen LogP contribution is -2.75. The molecule has 0 spiro atoms. The molecule has 0 aromatic carbocycles.